The Hall–Kier alpha value is -2.92. The predicted octanol–water partition coefficient (Wildman–Crippen LogP) is 4.14. The summed E-state index contributed by atoms with van der Waals surface area (Å²) in [6.07, 6.45) is -1.76. The van der Waals surface area contributed by atoms with Gasteiger partial charge in [0.25, 0.3) is 5.91 Å². The van der Waals surface area contributed by atoms with E-state index in [1.807, 2.05) is 0 Å². The van der Waals surface area contributed by atoms with Crippen molar-refractivity contribution in [3.8, 4) is 5.69 Å². The Balaban J connectivity index is 1.61. The van der Waals surface area contributed by atoms with E-state index in [0.717, 1.165) is 16.0 Å². The number of aromatic nitrogens is 5. The van der Waals surface area contributed by atoms with Crippen molar-refractivity contribution in [2.45, 2.75) is 6.18 Å². The second-order valence-corrected chi connectivity index (χ2v) is 7.20. The molecular weight excluding hydrogens is 417 g/mol. The number of fused-ring (bicyclic) bond motifs is 1. The van der Waals surface area contributed by atoms with Crippen molar-refractivity contribution in [1.82, 2.24) is 24.5 Å². The molecule has 1 amide bonds. The first-order valence-electron chi connectivity index (χ1n) is 7.73. The largest absolute Gasteiger partial charge is 0.435 e. The lowest BCUT2D eigenvalue weighted by Crippen LogP contribution is -2.11. The maximum Gasteiger partial charge on any atom is 0.435 e. The van der Waals surface area contributed by atoms with Crippen LogP contribution in [0.3, 0.4) is 0 Å². The number of carbonyl (C=O) groups excluding carboxylic acids is 1. The van der Waals surface area contributed by atoms with Crippen LogP contribution in [0, 0.1) is 0 Å². The van der Waals surface area contributed by atoms with Gasteiger partial charge in [-0.25, -0.2) is 9.67 Å². The summed E-state index contributed by atoms with van der Waals surface area (Å²) in [7, 11) is 1.40. The van der Waals surface area contributed by atoms with Gasteiger partial charge in [0.1, 0.15) is 17.5 Å². The van der Waals surface area contributed by atoms with Gasteiger partial charge in [0, 0.05) is 18.1 Å². The number of alkyl halides is 3. The zero-order chi connectivity index (χ0) is 20.1. The second-order valence-electron chi connectivity index (χ2n) is 5.76. The summed E-state index contributed by atoms with van der Waals surface area (Å²) < 4.78 is 41.8. The lowest BCUT2D eigenvalue weighted by atomic mass is 10.2. The highest BCUT2D eigenvalue weighted by Gasteiger charge is 2.37. The second kappa shape index (κ2) is 6.60. The van der Waals surface area contributed by atoms with Gasteiger partial charge in [-0.3, -0.25) is 9.48 Å². The van der Waals surface area contributed by atoms with Crippen molar-refractivity contribution >= 4 is 44.7 Å². The number of hydrogen-bond acceptors (Lipinski definition) is 5. The summed E-state index contributed by atoms with van der Waals surface area (Å²) in [5, 5.41) is 10.3. The van der Waals surface area contributed by atoms with Crippen molar-refractivity contribution in [3.63, 3.8) is 0 Å². The van der Waals surface area contributed by atoms with Crippen molar-refractivity contribution in [3.05, 3.63) is 52.5 Å². The van der Waals surface area contributed by atoms with Gasteiger partial charge < -0.3 is 5.32 Å². The average molecular weight is 427 g/mol. The maximum atomic E-state index is 13.1. The Kier molecular flexibility index (Phi) is 4.35. The lowest BCUT2D eigenvalue weighted by molar-refractivity contribution is -0.140. The quantitative estimate of drug-likeness (QED) is 0.534. The topological polar surface area (TPSA) is 77.6 Å². The number of carbonyl (C=O) groups is 1. The minimum absolute atomic E-state index is 0.107. The number of nitrogens with one attached hydrogen (secondary N) is 1. The van der Waals surface area contributed by atoms with Gasteiger partial charge in [0.05, 0.1) is 15.6 Å². The predicted molar refractivity (Wildman–Crippen MR) is 97.9 cm³/mol. The number of halogens is 4. The number of amides is 1. The van der Waals surface area contributed by atoms with Gasteiger partial charge in [-0.15, -0.1) is 11.3 Å². The van der Waals surface area contributed by atoms with E-state index in [-0.39, 0.29) is 15.1 Å². The van der Waals surface area contributed by atoms with Crippen LogP contribution in [-0.2, 0) is 13.2 Å². The van der Waals surface area contributed by atoms with E-state index in [9.17, 15) is 18.0 Å². The maximum absolute atomic E-state index is 13.1. The Labute approximate surface area is 164 Å². The lowest BCUT2D eigenvalue weighted by Gasteiger charge is -2.08. The normalized spacial score (nSPS) is 11.9. The van der Waals surface area contributed by atoms with Crippen LogP contribution in [0.2, 0.25) is 5.02 Å². The van der Waals surface area contributed by atoms with Crippen LogP contribution in [0.25, 0.3) is 15.9 Å². The van der Waals surface area contributed by atoms with Gasteiger partial charge in [0.15, 0.2) is 5.69 Å². The summed E-state index contributed by atoms with van der Waals surface area (Å²) in [5.74, 6) is -0.543. The SMILES string of the molecule is Cn1nc(C(F)(F)F)c2cc(C(=O)Nc3ccc(-n4cncn4)c(Cl)c3)sc21. The molecule has 0 bridgehead atoms. The molecule has 0 saturated carbocycles. The summed E-state index contributed by atoms with van der Waals surface area (Å²) in [4.78, 5) is 16.7. The number of rotatable bonds is 3. The van der Waals surface area contributed by atoms with Crippen LogP contribution in [0.15, 0.2) is 36.9 Å². The van der Waals surface area contributed by atoms with Crippen molar-refractivity contribution in [2.24, 2.45) is 7.05 Å². The van der Waals surface area contributed by atoms with E-state index >= 15 is 0 Å². The molecule has 4 aromatic rings. The van der Waals surface area contributed by atoms with Crippen LogP contribution >= 0.6 is 22.9 Å². The summed E-state index contributed by atoms with van der Waals surface area (Å²) >= 11 is 7.14. The molecule has 0 aliphatic carbocycles. The van der Waals surface area contributed by atoms with Gasteiger partial charge in [0.2, 0.25) is 0 Å². The van der Waals surface area contributed by atoms with Crippen molar-refractivity contribution in [1.29, 1.82) is 0 Å². The molecule has 1 N–H and O–H groups in total. The molecule has 4 rings (SSSR count). The first kappa shape index (κ1) is 18.4. The van der Waals surface area contributed by atoms with Crippen molar-refractivity contribution in [2.75, 3.05) is 5.32 Å². The van der Waals surface area contributed by atoms with E-state index in [0.29, 0.717) is 16.4 Å². The Morgan fingerprint density at radius 1 is 1.29 bits per heavy atom. The number of thiophene rings is 1. The van der Waals surface area contributed by atoms with E-state index in [1.54, 1.807) is 12.1 Å². The summed E-state index contributed by atoms with van der Waals surface area (Å²) in [5.41, 5.74) is -0.0501. The Bertz CT molecular complexity index is 1180. The van der Waals surface area contributed by atoms with Gasteiger partial charge in [-0.1, -0.05) is 11.6 Å². The molecule has 12 heteroatoms. The average Bonchev–Trinajstić information content (AvgIpc) is 3.32. The molecule has 28 heavy (non-hydrogen) atoms. The highest BCUT2D eigenvalue weighted by molar-refractivity contribution is 7.20. The van der Waals surface area contributed by atoms with Gasteiger partial charge in [-0.05, 0) is 24.3 Å². The third kappa shape index (κ3) is 3.22. The van der Waals surface area contributed by atoms with Crippen LogP contribution in [0.5, 0.6) is 0 Å². The third-order valence-corrected chi connectivity index (χ3v) is 5.38. The van der Waals surface area contributed by atoms with E-state index in [4.69, 9.17) is 11.6 Å². The zero-order valence-corrected chi connectivity index (χ0v) is 15.6. The molecule has 0 aliphatic rings. The molecule has 0 aliphatic heterocycles. The van der Waals surface area contributed by atoms with Crippen LogP contribution in [-0.4, -0.2) is 30.5 Å². The first-order chi connectivity index (χ1) is 13.2. The van der Waals surface area contributed by atoms with Gasteiger partial charge >= 0.3 is 6.18 Å². The smallest absolute Gasteiger partial charge is 0.321 e. The highest BCUT2D eigenvalue weighted by atomic mass is 35.5. The molecule has 3 aromatic heterocycles. The van der Waals surface area contributed by atoms with Crippen molar-refractivity contribution < 1.29 is 18.0 Å². The standard InChI is InChI=1S/C16H10ClF3N6OS/c1-25-15-9(13(24-25)16(18,19)20)5-12(28-15)14(27)23-8-2-3-11(10(17)4-8)26-7-21-6-22-26/h2-7H,1H3,(H,23,27). The minimum Gasteiger partial charge on any atom is -0.321 e. The third-order valence-electron chi connectivity index (χ3n) is 3.87. The van der Waals surface area contributed by atoms with Crippen LogP contribution in [0.1, 0.15) is 15.4 Å². The summed E-state index contributed by atoms with van der Waals surface area (Å²) in [6.45, 7) is 0. The molecule has 1 aromatic carbocycles. The van der Waals surface area contributed by atoms with E-state index < -0.39 is 17.8 Å². The molecule has 0 spiro atoms. The number of benzene rings is 1. The number of aryl methyl sites for hydroxylation is 1. The number of hydrogen-bond donors (Lipinski definition) is 1. The zero-order valence-electron chi connectivity index (χ0n) is 14.0. The number of anilines is 1. The molecule has 0 fully saturated rings. The molecule has 0 unspecified atom stereocenters. The first-order valence-corrected chi connectivity index (χ1v) is 8.93. The number of nitrogens with zero attached hydrogens (tertiary/aromatic N) is 5. The minimum atomic E-state index is -4.60. The molecule has 3 heterocycles. The fourth-order valence-electron chi connectivity index (χ4n) is 2.66. The Morgan fingerprint density at radius 2 is 2.07 bits per heavy atom. The molecule has 0 saturated heterocycles. The Morgan fingerprint density at radius 3 is 2.71 bits per heavy atom. The van der Waals surface area contributed by atoms with Crippen LogP contribution < -0.4 is 5.32 Å². The molecule has 144 valence electrons. The highest BCUT2D eigenvalue weighted by Crippen LogP contribution is 2.37. The fraction of sp³-hybridized carbons (Fsp3) is 0.125. The molecular formula is C16H10ClF3N6OS. The van der Waals surface area contributed by atoms with E-state index in [2.05, 4.69) is 20.5 Å². The van der Waals surface area contributed by atoms with Gasteiger partial charge in [-0.2, -0.15) is 23.4 Å². The molecule has 7 nitrogen and oxygen atoms in total. The fourth-order valence-corrected chi connectivity index (χ4v) is 3.89. The monoisotopic (exact) mass is 426 g/mol. The summed E-state index contributed by atoms with van der Waals surface area (Å²) in [6, 6.07) is 5.96. The molecule has 0 atom stereocenters. The molecule has 0 radical (unpaired) electrons. The van der Waals surface area contributed by atoms with E-state index in [1.165, 1.54) is 36.5 Å². The van der Waals surface area contributed by atoms with Crippen LogP contribution in [0.4, 0.5) is 18.9 Å².